The average Bonchev–Trinajstić information content (AvgIpc) is 2.38. The van der Waals surface area contributed by atoms with Crippen LogP contribution in [0.25, 0.3) is 0 Å². The summed E-state index contributed by atoms with van der Waals surface area (Å²) in [7, 11) is 1.58. The van der Waals surface area contributed by atoms with Gasteiger partial charge in [-0.3, -0.25) is 0 Å². The number of rotatable bonds is 3. The fourth-order valence-corrected chi connectivity index (χ4v) is 2.25. The number of nitrogens with two attached hydrogens (primary N) is 1. The third-order valence-electron chi connectivity index (χ3n) is 2.54. The number of ether oxygens (including phenoxy) is 1. The first-order valence-electron chi connectivity index (χ1n) is 5.36. The predicted molar refractivity (Wildman–Crippen MR) is 82.5 cm³/mol. The van der Waals surface area contributed by atoms with Crippen molar-refractivity contribution in [3.05, 3.63) is 45.1 Å². The summed E-state index contributed by atoms with van der Waals surface area (Å²) in [5.41, 5.74) is 7.54. The molecule has 2 aromatic rings. The van der Waals surface area contributed by atoms with Gasteiger partial charge in [-0.05, 0) is 50.1 Å². The van der Waals surface area contributed by atoms with Gasteiger partial charge in [-0.1, -0.05) is 0 Å². The van der Waals surface area contributed by atoms with Crippen LogP contribution in [-0.2, 0) is 0 Å². The minimum absolute atomic E-state index is 0.334. The zero-order valence-corrected chi connectivity index (χ0v) is 13.2. The third-order valence-corrected chi connectivity index (χ3v) is 3.83. The van der Waals surface area contributed by atoms with Gasteiger partial charge in [0.25, 0.3) is 0 Å². The van der Waals surface area contributed by atoms with Gasteiger partial charge in [0, 0.05) is 16.6 Å². The summed E-state index contributed by atoms with van der Waals surface area (Å²) in [5.74, 6) is 0.317. The van der Waals surface area contributed by atoms with Crippen LogP contribution in [0.4, 0.5) is 21.5 Å². The SMILES string of the molecule is COc1ccc(Br)c(Nc2cc(F)c(Br)cc2N)c1. The Morgan fingerprint density at radius 1 is 1.11 bits per heavy atom. The van der Waals surface area contributed by atoms with Gasteiger partial charge in [0.05, 0.1) is 28.6 Å². The molecule has 0 spiro atoms. The van der Waals surface area contributed by atoms with Crippen molar-refractivity contribution in [1.82, 2.24) is 0 Å². The highest BCUT2D eigenvalue weighted by molar-refractivity contribution is 9.10. The van der Waals surface area contributed by atoms with Gasteiger partial charge < -0.3 is 15.8 Å². The number of anilines is 3. The van der Waals surface area contributed by atoms with Gasteiger partial charge in [-0.25, -0.2) is 4.39 Å². The Morgan fingerprint density at radius 3 is 2.53 bits per heavy atom. The van der Waals surface area contributed by atoms with Gasteiger partial charge in [-0.15, -0.1) is 0 Å². The molecule has 0 heterocycles. The molecule has 0 aromatic heterocycles. The lowest BCUT2D eigenvalue weighted by atomic mass is 10.2. The molecule has 3 nitrogen and oxygen atoms in total. The molecule has 19 heavy (non-hydrogen) atoms. The Balaban J connectivity index is 2.38. The predicted octanol–water partition coefficient (Wildman–Crippen LogP) is 4.69. The minimum atomic E-state index is -0.379. The van der Waals surface area contributed by atoms with Crippen molar-refractivity contribution in [3.63, 3.8) is 0 Å². The molecule has 2 aromatic carbocycles. The van der Waals surface area contributed by atoms with E-state index < -0.39 is 0 Å². The van der Waals surface area contributed by atoms with Crippen LogP contribution in [-0.4, -0.2) is 7.11 Å². The Labute approximate surface area is 127 Å². The van der Waals surface area contributed by atoms with Crippen LogP contribution in [0.15, 0.2) is 39.3 Å². The molecule has 0 aliphatic rings. The van der Waals surface area contributed by atoms with Crippen LogP contribution in [0.5, 0.6) is 5.75 Å². The van der Waals surface area contributed by atoms with Gasteiger partial charge in [0.1, 0.15) is 11.6 Å². The Bertz CT molecular complexity index is 620. The lowest BCUT2D eigenvalue weighted by Crippen LogP contribution is -1.99. The second kappa shape index (κ2) is 5.79. The van der Waals surface area contributed by atoms with E-state index in [4.69, 9.17) is 10.5 Å². The molecular weight excluding hydrogens is 379 g/mol. The molecular formula is C13H11Br2FN2O. The van der Waals surface area contributed by atoms with E-state index >= 15 is 0 Å². The van der Waals surface area contributed by atoms with Crippen LogP contribution in [0, 0.1) is 5.82 Å². The lowest BCUT2D eigenvalue weighted by molar-refractivity contribution is 0.415. The number of halogens is 3. The highest BCUT2D eigenvalue weighted by Gasteiger charge is 2.08. The van der Waals surface area contributed by atoms with E-state index in [1.165, 1.54) is 12.1 Å². The number of hydrogen-bond donors (Lipinski definition) is 2. The molecule has 0 amide bonds. The van der Waals surface area contributed by atoms with Gasteiger partial charge in [0.15, 0.2) is 0 Å². The number of benzene rings is 2. The van der Waals surface area contributed by atoms with E-state index in [0.29, 0.717) is 21.6 Å². The summed E-state index contributed by atoms with van der Waals surface area (Å²) in [5, 5.41) is 3.07. The van der Waals surface area contributed by atoms with E-state index in [0.717, 1.165) is 10.2 Å². The quantitative estimate of drug-likeness (QED) is 0.749. The molecule has 6 heteroatoms. The molecule has 0 saturated carbocycles. The monoisotopic (exact) mass is 388 g/mol. The van der Waals surface area contributed by atoms with Crippen molar-refractivity contribution in [1.29, 1.82) is 0 Å². The zero-order chi connectivity index (χ0) is 14.0. The molecule has 0 unspecified atom stereocenters. The van der Waals surface area contributed by atoms with E-state index in [1.807, 2.05) is 12.1 Å². The van der Waals surface area contributed by atoms with Gasteiger partial charge in [-0.2, -0.15) is 0 Å². The summed E-state index contributed by atoms with van der Waals surface area (Å²) in [6.45, 7) is 0. The maximum atomic E-state index is 13.5. The number of nitrogens with one attached hydrogen (secondary N) is 1. The first-order chi connectivity index (χ1) is 9.01. The molecule has 100 valence electrons. The smallest absolute Gasteiger partial charge is 0.139 e. The summed E-state index contributed by atoms with van der Waals surface area (Å²) in [6, 6.07) is 8.31. The second-order valence-electron chi connectivity index (χ2n) is 3.82. The van der Waals surface area contributed by atoms with Crippen LogP contribution >= 0.6 is 31.9 Å². The van der Waals surface area contributed by atoms with Crippen molar-refractivity contribution < 1.29 is 9.13 Å². The van der Waals surface area contributed by atoms with E-state index in [9.17, 15) is 4.39 Å². The highest BCUT2D eigenvalue weighted by atomic mass is 79.9. The van der Waals surface area contributed by atoms with Gasteiger partial charge in [0.2, 0.25) is 0 Å². The van der Waals surface area contributed by atoms with Crippen molar-refractivity contribution >= 4 is 48.9 Å². The topological polar surface area (TPSA) is 47.3 Å². The second-order valence-corrected chi connectivity index (χ2v) is 5.53. The molecule has 0 aliphatic carbocycles. The molecule has 0 atom stereocenters. The fraction of sp³-hybridized carbons (Fsp3) is 0.0769. The Kier molecular flexibility index (Phi) is 4.31. The molecule has 0 saturated heterocycles. The van der Waals surface area contributed by atoms with Crippen LogP contribution in [0.3, 0.4) is 0 Å². The first kappa shape index (κ1) is 14.1. The van der Waals surface area contributed by atoms with Crippen molar-refractivity contribution in [2.45, 2.75) is 0 Å². The average molecular weight is 390 g/mol. The Hall–Kier alpha value is -1.27. The van der Waals surface area contributed by atoms with Gasteiger partial charge >= 0.3 is 0 Å². The minimum Gasteiger partial charge on any atom is -0.497 e. The normalized spacial score (nSPS) is 10.3. The molecule has 3 N–H and O–H groups in total. The molecule has 0 aliphatic heterocycles. The lowest BCUT2D eigenvalue weighted by Gasteiger charge is -2.13. The highest BCUT2D eigenvalue weighted by Crippen LogP contribution is 2.33. The molecule has 0 fully saturated rings. The van der Waals surface area contributed by atoms with Crippen LogP contribution in [0.2, 0.25) is 0 Å². The standard InChI is InChI=1S/C13H11Br2FN2O/c1-19-7-2-3-8(14)12(4-7)18-13-6-10(16)9(15)5-11(13)17/h2-6,18H,17H2,1H3. The van der Waals surface area contributed by atoms with Crippen molar-refractivity contribution in [2.75, 3.05) is 18.2 Å². The maximum Gasteiger partial charge on any atom is 0.139 e. The zero-order valence-electron chi connectivity index (χ0n) is 10.0. The molecule has 0 radical (unpaired) electrons. The summed E-state index contributed by atoms with van der Waals surface area (Å²) in [6.07, 6.45) is 0. The molecule has 2 rings (SSSR count). The van der Waals surface area contributed by atoms with Crippen molar-refractivity contribution in [3.8, 4) is 5.75 Å². The van der Waals surface area contributed by atoms with E-state index in [-0.39, 0.29) is 5.82 Å². The molecule has 0 bridgehead atoms. The Morgan fingerprint density at radius 2 is 1.84 bits per heavy atom. The summed E-state index contributed by atoms with van der Waals surface area (Å²) in [4.78, 5) is 0. The summed E-state index contributed by atoms with van der Waals surface area (Å²) < 4.78 is 19.8. The summed E-state index contributed by atoms with van der Waals surface area (Å²) >= 11 is 6.50. The van der Waals surface area contributed by atoms with E-state index in [1.54, 1.807) is 13.2 Å². The largest absolute Gasteiger partial charge is 0.497 e. The van der Waals surface area contributed by atoms with Crippen LogP contribution < -0.4 is 15.8 Å². The van der Waals surface area contributed by atoms with Crippen LogP contribution in [0.1, 0.15) is 0 Å². The number of methoxy groups -OCH3 is 1. The number of nitrogen functional groups attached to an aromatic ring is 1. The number of hydrogen-bond acceptors (Lipinski definition) is 3. The van der Waals surface area contributed by atoms with Crippen molar-refractivity contribution in [2.24, 2.45) is 0 Å². The maximum absolute atomic E-state index is 13.5. The first-order valence-corrected chi connectivity index (χ1v) is 6.95. The fourth-order valence-electron chi connectivity index (χ4n) is 1.54. The third kappa shape index (κ3) is 3.19. The van der Waals surface area contributed by atoms with E-state index in [2.05, 4.69) is 37.2 Å².